The van der Waals surface area contributed by atoms with Crippen LogP contribution < -0.4 is 4.74 Å². The molecule has 2 unspecified atom stereocenters. The maximum Gasteiger partial charge on any atom is 0.389 e. The third kappa shape index (κ3) is 5.49. The number of aliphatic hydroxyl groups is 1. The molecule has 9 heteroatoms. The van der Waals surface area contributed by atoms with Gasteiger partial charge in [-0.05, 0) is 29.3 Å². The summed E-state index contributed by atoms with van der Waals surface area (Å²) in [5.41, 5.74) is 0.283. The van der Waals surface area contributed by atoms with E-state index in [2.05, 4.69) is 4.98 Å². The van der Waals surface area contributed by atoms with Crippen LogP contribution in [0.15, 0.2) is 36.5 Å². The monoisotopic (exact) mass is 404 g/mol. The summed E-state index contributed by atoms with van der Waals surface area (Å²) in [6.45, 7) is -0.276. The molecular formula is C17H13Cl2F3N2O2. The first-order valence-corrected chi connectivity index (χ1v) is 8.12. The summed E-state index contributed by atoms with van der Waals surface area (Å²) in [4.78, 5) is 3.84. The van der Waals surface area contributed by atoms with Crippen molar-refractivity contribution in [3.8, 4) is 11.9 Å². The molecule has 2 atom stereocenters. The van der Waals surface area contributed by atoms with Gasteiger partial charge in [0.15, 0.2) is 6.61 Å². The number of aliphatic hydroxyl groups excluding tert-OH is 1. The molecule has 2 aromatic rings. The lowest BCUT2D eigenvalue weighted by atomic mass is 9.86. The van der Waals surface area contributed by atoms with E-state index in [0.717, 1.165) is 0 Å². The first-order chi connectivity index (χ1) is 12.2. The Morgan fingerprint density at radius 2 is 1.96 bits per heavy atom. The molecule has 1 N–H and O–H groups in total. The van der Waals surface area contributed by atoms with Crippen LogP contribution in [0, 0.1) is 11.3 Å². The van der Waals surface area contributed by atoms with E-state index in [9.17, 15) is 18.3 Å². The number of hydrogen-bond donors (Lipinski definition) is 1. The number of benzene rings is 1. The summed E-state index contributed by atoms with van der Waals surface area (Å²) >= 11 is 11.8. The molecule has 1 aromatic heterocycles. The Hall–Kier alpha value is -2.01. The van der Waals surface area contributed by atoms with E-state index in [1.807, 2.05) is 0 Å². The Kier molecular flexibility index (Phi) is 6.70. The fraction of sp³-hybridized carbons (Fsp3) is 0.294. The van der Waals surface area contributed by atoms with Crippen LogP contribution in [0.5, 0.6) is 5.88 Å². The van der Waals surface area contributed by atoms with E-state index in [1.165, 1.54) is 36.5 Å². The predicted molar refractivity (Wildman–Crippen MR) is 90.2 cm³/mol. The van der Waals surface area contributed by atoms with Gasteiger partial charge in [-0.1, -0.05) is 29.3 Å². The Bertz CT molecular complexity index is 809. The minimum absolute atomic E-state index is 0.0241. The number of halogens is 5. The second-order valence-corrected chi connectivity index (χ2v) is 6.25. The van der Waals surface area contributed by atoms with Crippen molar-refractivity contribution in [1.82, 2.24) is 4.98 Å². The van der Waals surface area contributed by atoms with Gasteiger partial charge in [-0.3, -0.25) is 0 Å². The molecule has 0 saturated carbocycles. The lowest BCUT2D eigenvalue weighted by molar-refractivity contribution is -0.144. The topological polar surface area (TPSA) is 66.1 Å². The van der Waals surface area contributed by atoms with E-state index >= 15 is 0 Å². The molecule has 0 aliphatic carbocycles. The van der Waals surface area contributed by atoms with Crippen LogP contribution in [-0.2, 0) is 0 Å². The second-order valence-electron chi connectivity index (χ2n) is 5.41. The molecule has 0 saturated heterocycles. The van der Waals surface area contributed by atoms with Crippen LogP contribution in [0.3, 0.4) is 0 Å². The number of pyridine rings is 1. The maximum atomic E-state index is 13.1. The van der Waals surface area contributed by atoms with Crippen LogP contribution in [-0.4, -0.2) is 22.9 Å². The van der Waals surface area contributed by atoms with Crippen molar-refractivity contribution < 1.29 is 23.0 Å². The number of aromatic nitrogens is 1. The van der Waals surface area contributed by atoms with E-state index in [0.29, 0.717) is 0 Å². The Balaban J connectivity index is 2.40. The van der Waals surface area contributed by atoms with E-state index < -0.39 is 24.6 Å². The normalized spacial score (nSPS) is 13.7. The smallest absolute Gasteiger partial charge is 0.389 e. The van der Waals surface area contributed by atoms with Crippen molar-refractivity contribution in [1.29, 1.82) is 5.26 Å². The van der Waals surface area contributed by atoms with Gasteiger partial charge in [-0.25, -0.2) is 4.98 Å². The Morgan fingerprint density at radius 1 is 1.23 bits per heavy atom. The van der Waals surface area contributed by atoms with Gasteiger partial charge in [0.25, 0.3) is 0 Å². The number of ether oxygens (including phenoxy) is 1. The lowest BCUT2D eigenvalue weighted by Gasteiger charge is -2.26. The zero-order valence-corrected chi connectivity index (χ0v) is 14.7. The number of nitrogens with zero attached hydrogens (tertiary/aromatic N) is 2. The van der Waals surface area contributed by atoms with Gasteiger partial charge in [-0.15, -0.1) is 0 Å². The molecule has 0 amide bonds. The van der Waals surface area contributed by atoms with Crippen LogP contribution in [0.1, 0.15) is 29.6 Å². The molecular weight excluding hydrogens is 392 g/mol. The number of alkyl halides is 3. The minimum Gasteiger partial charge on any atom is -0.462 e. The first kappa shape index (κ1) is 20.3. The third-order valence-electron chi connectivity index (χ3n) is 3.58. The molecule has 0 aliphatic rings. The molecule has 1 aromatic carbocycles. The van der Waals surface area contributed by atoms with Gasteiger partial charge < -0.3 is 9.84 Å². The fourth-order valence-corrected chi connectivity index (χ4v) is 3.02. The average molecular weight is 405 g/mol. The molecule has 138 valence electrons. The molecule has 4 nitrogen and oxygen atoms in total. The van der Waals surface area contributed by atoms with Crippen molar-refractivity contribution in [2.45, 2.75) is 24.6 Å². The third-order valence-corrected chi connectivity index (χ3v) is 4.14. The summed E-state index contributed by atoms with van der Waals surface area (Å²) in [6, 6.07) is 8.50. The molecule has 2 rings (SSSR count). The fourth-order valence-electron chi connectivity index (χ4n) is 2.47. The van der Waals surface area contributed by atoms with E-state index in [-0.39, 0.29) is 33.7 Å². The van der Waals surface area contributed by atoms with Crippen LogP contribution >= 0.6 is 23.2 Å². The first-order valence-electron chi connectivity index (χ1n) is 7.36. The Labute approximate surface area is 157 Å². The lowest BCUT2D eigenvalue weighted by Crippen LogP contribution is -2.20. The van der Waals surface area contributed by atoms with Crippen molar-refractivity contribution in [2.24, 2.45) is 0 Å². The SMILES string of the molecule is N#CCOc1cc(C(O)C(CC(F)(F)F)c2ccc(Cl)cc2Cl)ccn1. The molecule has 26 heavy (non-hydrogen) atoms. The van der Waals surface area contributed by atoms with Crippen molar-refractivity contribution >= 4 is 23.2 Å². The van der Waals surface area contributed by atoms with Gasteiger partial charge in [0.2, 0.25) is 5.88 Å². The van der Waals surface area contributed by atoms with Crippen molar-refractivity contribution in [3.05, 3.63) is 57.7 Å². The molecule has 1 heterocycles. The highest BCUT2D eigenvalue weighted by Crippen LogP contribution is 2.43. The van der Waals surface area contributed by atoms with Crippen molar-refractivity contribution in [2.75, 3.05) is 6.61 Å². The van der Waals surface area contributed by atoms with Gasteiger partial charge >= 0.3 is 6.18 Å². The molecule has 0 bridgehead atoms. The quantitative estimate of drug-likeness (QED) is 0.730. The predicted octanol–water partition coefficient (Wildman–Crippen LogP) is 5.06. The highest BCUT2D eigenvalue weighted by molar-refractivity contribution is 6.35. The number of rotatable bonds is 6. The summed E-state index contributed by atoms with van der Waals surface area (Å²) in [6.07, 6.45) is -6.06. The molecule has 0 aliphatic heterocycles. The van der Waals surface area contributed by atoms with Gasteiger partial charge in [-0.2, -0.15) is 18.4 Å². The summed E-state index contributed by atoms with van der Waals surface area (Å²) in [5, 5.41) is 19.4. The molecule has 0 spiro atoms. The van der Waals surface area contributed by atoms with Gasteiger partial charge in [0.1, 0.15) is 6.07 Å². The number of hydrogen-bond acceptors (Lipinski definition) is 4. The van der Waals surface area contributed by atoms with Crippen LogP contribution in [0.4, 0.5) is 13.2 Å². The standard InChI is InChI=1S/C17H13Cl2F3N2O2/c18-11-1-2-12(14(19)8-11)13(9-17(20,21)22)16(25)10-3-5-24-15(7-10)26-6-4-23/h1-3,5,7-8,13,16,25H,6,9H2. The highest BCUT2D eigenvalue weighted by atomic mass is 35.5. The maximum absolute atomic E-state index is 13.1. The zero-order valence-electron chi connectivity index (χ0n) is 13.2. The highest BCUT2D eigenvalue weighted by Gasteiger charge is 2.37. The van der Waals surface area contributed by atoms with E-state index in [4.69, 9.17) is 33.2 Å². The summed E-state index contributed by atoms with van der Waals surface area (Å²) in [5.74, 6) is -1.33. The van der Waals surface area contributed by atoms with Crippen LogP contribution in [0.2, 0.25) is 10.0 Å². The van der Waals surface area contributed by atoms with Crippen molar-refractivity contribution in [3.63, 3.8) is 0 Å². The zero-order chi connectivity index (χ0) is 19.3. The van der Waals surface area contributed by atoms with Crippen LogP contribution in [0.25, 0.3) is 0 Å². The van der Waals surface area contributed by atoms with E-state index in [1.54, 1.807) is 6.07 Å². The second kappa shape index (κ2) is 8.58. The number of nitriles is 1. The van der Waals surface area contributed by atoms with Gasteiger partial charge in [0.05, 0.1) is 12.5 Å². The summed E-state index contributed by atoms with van der Waals surface area (Å²) < 4.78 is 44.2. The molecule has 0 fully saturated rings. The van der Waals surface area contributed by atoms with Gasteiger partial charge in [0, 0.05) is 28.2 Å². The summed E-state index contributed by atoms with van der Waals surface area (Å²) in [7, 11) is 0. The largest absolute Gasteiger partial charge is 0.462 e. The average Bonchev–Trinajstić information content (AvgIpc) is 2.57. The Morgan fingerprint density at radius 3 is 2.58 bits per heavy atom. The molecule has 0 radical (unpaired) electrons. The minimum atomic E-state index is -4.53.